The molecule has 0 spiro atoms. The van der Waals surface area contributed by atoms with Crippen molar-refractivity contribution in [2.45, 2.75) is 12.6 Å². The van der Waals surface area contributed by atoms with Crippen LogP contribution in [0.1, 0.15) is 5.56 Å². The molecule has 5 heteroatoms. The Morgan fingerprint density at radius 3 is 3.00 bits per heavy atom. The second-order valence-electron chi connectivity index (χ2n) is 4.12. The largest absolute Gasteiger partial charge is 0.374 e. The van der Waals surface area contributed by atoms with E-state index in [2.05, 4.69) is 4.90 Å². The van der Waals surface area contributed by atoms with Crippen LogP contribution in [0.4, 0.5) is 4.39 Å². The molecule has 1 aromatic rings. The Bertz CT molecular complexity index is 389. The normalized spacial score (nSPS) is 21.7. The lowest BCUT2D eigenvalue weighted by Crippen LogP contribution is -2.42. The smallest absolute Gasteiger partial charge is 0.129 e. The van der Waals surface area contributed by atoms with Crippen molar-refractivity contribution in [3.63, 3.8) is 0 Å². The highest BCUT2D eigenvalue weighted by Gasteiger charge is 2.20. The Balaban J connectivity index is 2.00. The van der Waals surface area contributed by atoms with Crippen LogP contribution in [0.3, 0.4) is 0 Å². The van der Waals surface area contributed by atoms with Crippen molar-refractivity contribution >= 4 is 23.2 Å². The number of halogens is 3. The molecule has 0 amide bonds. The van der Waals surface area contributed by atoms with Crippen LogP contribution in [0.15, 0.2) is 18.2 Å². The van der Waals surface area contributed by atoms with Gasteiger partial charge in [0.05, 0.1) is 12.7 Å². The molecule has 1 saturated heterocycles. The van der Waals surface area contributed by atoms with Crippen LogP contribution in [0, 0.1) is 5.82 Å². The van der Waals surface area contributed by atoms with E-state index >= 15 is 0 Å². The zero-order valence-corrected chi connectivity index (χ0v) is 10.8. The average Bonchev–Trinajstić information content (AvgIpc) is 2.33. The minimum absolute atomic E-state index is 0.0424. The molecule has 1 atom stereocenters. The monoisotopic (exact) mass is 277 g/mol. The lowest BCUT2D eigenvalue weighted by Gasteiger charge is -2.32. The summed E-state index contributed by atoms with van der Waals surface area (Å²) in [5.41, 5.74) is 0.657. The SMILES string of the molecule is Fc1cc(Cl)ccc1CN1CCOC(CCl)C1. The zero-order valence-electron chi connectivity index (χ0n) is 9.33. The molecule has 2 rings (SSSR count). The summed E-state index contributed by atoms with van der Waals surface area (Å²) in [4.78, 5) is 2.14. The van der Waals surface area contributed by atoms with E-state index in [0.29, 0.717) is 29.6 Å². The maximum absolute atomic E-state index is 13.6. The van der Waals surface area contributed by atoms with E-state index < -0.39 is 0 Å². The Morgan fingerprint density at radius 2 is 2.29 bits per heavy atom. The molecule has 94 valence electrons. The van der Waals surface area contributed by atoms with Gasteiger partial charge < -0.3 is 4.74 Å². The molecule has 1 unspecified atom stereocenters. The standard InChI is InChI=1S/C12H14Cl2FNO/c13-6-11-8-16(3-4-17-11)7-9-1-2-10(14)5-12(9)15/h1-2,5,11H,3-4,6-8H2. The minimum Gasteiger partial charge on any atom is -0.374 e. The Morgan fingerprint density at radius 1 is 1.47 bits per heavy atom. The van der Waals surface area contributed by atoms with Crippen molar-refractivity contribution in [3.05, 3.63) is 34.6 Å². The molecule has 0 aliphatic carbocycles. The molecular weight excluding hydrogens is 264 g/mol. The molecule has 1 aliphatic heterocycles. The molecule has 0 aromatic heterocycles. The third kappa shape index (κ3) is 3.55. The molecule has 1 aliphatic rings. The van der Waals surface area contributed by atoms with E-state index in [1.165, 1.54) is 6.07 Å². The lowest BCUT2D eigenvalue weighted by atomic mass is 10.2. The van der Waals surface area contributed by atoms with Crippen molar-refractivity contribution in [1.82, 2.24) is 4.90 Å². The molecule has 0 N–H and O–H groups in total. The van der Waals surface area contributed by atoms with Gasteiger partial charge in [-0.3, -0.25) is 4.90 Å². The van der Waals surface area contributed by atoms with Crippen molar-refractivity contribution in [2.24, 2.45) is 0 Å². The Labute approximate surface area is 110 Å². The van der Waals surface area contributed by atoms with E-state index in [4.69, 9.17) is 27.9 Å². The molecule has 2 nitrogen and oxygen atoms in total. The van der Waals surface area contributed by atoms with Crippen molar-refractivity contribution in [3.8, 4) is 0 Å². The first-order valence-corrected chi connectivity index (χ1v) is 6.44. The van der Waals surface area contributed by atoms with Crippen LogP contribution in [-0.4, -0.2) is 36.6 Å². The van der Waals surface area contributed by atoms with Gasteiger partial charge >= 0.3 is 0 Å². The summed E-state index contributed by atoms with van der Waals surface area (Å²) in [6.45, 7) is 2.76. The number of hydrogen-bond donors (Lipinski definition) is 0. The van der Waals surface area contributed by atoms with Crippen LogP contribution in [0.5, 0.6) is 0 Å². The quantitative estimate of drug-likeness (QED) is 0.788. The number of benzene rings is 1. The highest BCUT2D eigenvalue weighted by Crippen LogP contribution is 2.17. The van der Waals surface area contributed by atoms with Crippen molar-refractivity contribution in [2.75, 3.05) is 25.6 Å². The van der Waals surface area contributed by atoms with E-state index in [1.807, 2.05) is 0 Å². The number of nitrogens with zero attached hydrogens (tertiary/aromatic N) is 1. The summed E-state index contributed by atoms with van der Waals surface area (Å²) >= 11 is 11.5. The van der Waals surface area contributed by atoms with Gasteiger partial charge in [0.2, 0.25) is 0 Å². The molecule has 0 bridgehead atoms. The number of rotatable bonds is 3. The third-order valence-electron chi connectivity index (χ3n) is 2.80. The number of morpholine rings is 1. The number of ether oxygens (including phenoxy) is 1. The molecule has 1 heterocycles. The summed E-state index contributed by atoms with van der Waals surface area (Å²) in [7, 11) is 0. The van der Waals surface area contributed by atoms with Gasteiger partial charge in [0, 0.05) is 36.1 Å². The molecular formula is C12H14Cl2FNO. The molecule has 0 saturated carbocycles. The molecule has 17 heavy (non-hydrogen) atoms. The fourth-order valence-corrected chi connectivity index (χ4v) is 2.25. The highest BCUT2D eigenvalue weighted by atomic mass is 35.5. The van der Waals surface area contributed by atoms with Crippen molar-refractivity contribution < 1.29 is 9.13 Å². The van der Waals surface area contributed by atoms with E-state index in [9.17, 15) is 4.39 Å². The van der Waals surface area contributed by atoms with Crippen molar-refractivity contribution in [1.29, 1.82) is 0 Å². The molecule has 1 aromatic carbocycles. The van der Waals surface area contributed by atoms with Gasteiger partial charge in [-0.25, -0.2) is 4.39 Å². The molecule has 0 radical (unpaired) electrons. The van der Waals surface area contributed by atoms with Gasteiger partial charge in [-0.2, -0.15) is 0 Å². The summed E-state index contributed by atoms with van der Waals surface area (Å²) < 4.78 is 19.1. The summed E-state index contributed by atoms with van der Waals surface area (Å²) in [5.74, 6) is 0.214. The average molecular weight is 278 g/mol. The fourth-order valence-electron chi connectivity index (χ4n) is 1.91. The lowest BCUT2D eigenvalue weighted by molar-refractivity contribution is -0.0197. The first-order valence-electron chi connectivity index (χ1n) is 5.53. The van der Waals surface area contributed by atoms with Gasteiger partial charge in [0.15, 0.2) is 0 Å². The van der Waals surface area contributed by atoms with Crippen LogP contribution >= 0.6 is 23.2 Å². The molecule has 1 fully saturated rings. The maximum atomic E-state index is 13.6. The first kappa shape index (κ1) is 13.1. The van der Waals surface area contributed by atoms with Gasteiger partial charge in [-0.05, 0) is 12.1 Å². The Kier molecular flexibility index (Phi) is 4.62. The maximum Gasteiger partial charge on any atom is 0.129 e. The van der Waals surface area contributed by atoms with Gasteiger partial charge in [0.25, 0.3) is 0 Å². The number of hydrogen-bond acceptors (Lipinski definition) is 2. The Hall–Kier alpha value is -0.350. The van der Waals surface area contributed by atoms with Crippen LogP contribution in [0.25, 0.3) is 0 Å². The zero-order chi connectivity index (χ0) is 12.3. The highest BCUT2D eigenvalue weighted by molar-refractivity contribution is 6.30. The van der Waals surface area contributed by atoms with Crippen LogP contribution in [-0.2, 0) is 11.3 Å². The van der Waals surface area contributed by atoms with Crippen LogP contribution < -0.4 is 0 Å². The third-order valence-corrected chi connectivity index (χ3v) is 3.38. The number of alkyl halides is 1. The van der Waals surface area contributed by atoms with E-state index in [0.717, 1.165) is 13.1 Å². The topological polar surface area (TPSA) is 12.5 Å². The minimum atomic E-state index is -0.258. The van der Waals surface area contributed by atoms with Gasteiger partial charge in [0.1, 0.15) is 5.82 Å². The second kappa shape index (κ2) is 6.01. The fraction of sp³-hybridized carbons (Fsp3) is 0.500. The van der Waals surface area contributed by atoms with Gasteiger partial charge in [-0.15, -0.1) is 11.6 Å². The predicted octanol–water partition coefficient (Wildman–Crippen LogP) is 2.92. The summed E-state index contributed by atoms with van der Waals surface area (Å²) in [6.07, 6.45) is 0.0424. The van der Waals surface area contributed by atoms with Crippen LogP contribution in [0.2, 0.25) is 5.02 Å². The first-order chi connectivity index (χ1) is 8.19. The summed E-state index contributed by atoms with van der Waals surface area (Å²) in [5, 5.41) is 0.423. The van der Waals surface area contributed by atoms with E-state index in [1.54, 1.807) is 12.1 Å². The van der Waals surface area contributed by atoms with E-state index in [-0.39, 0.29) is 11.9 Å². The van der Waals surface area contributed by atoms with Gasteiger partial charge in [-0.1, -0.05) is 17.7 Å². The summed E-state index contributed by atoms with van der Waals surface area (Å²) in [6, 6.07) is 4.78. The second-order valence-corrected chi connectivity index (χ2v) is 4.86. The predicted molar refractivity (Wildman–Crippen MR) is 67.1 cm³/mol.